The highest BCUT2D eigenvalue weighted by Gasteiger charge is 2.42. The normalized spacial score (nSPS) is 22.9. The summed E-state index contributed by atoms with van der Waals surface area (Å²) in [5, 5.41) is 15.0. The standard InChI is InChI=1S/C32H40N4O5/c1-23(37)25-11-8-12-27(19-25)41-18-14-26-20-33-16-17-35(26)31(38)29-30(24-9-4-3-5-10-24)36(22-34-29)28-13-6-7-15-32(28,39)21-40-2/h3-5,8-12,19,22,26,28,33,39H,6-7,13-18,20-21H2,1-2H3/t26?,28-,32+/m1/s1. The van der Waals surface area contributed by atoms with Gasteiger partial charge in [0.05, 0.1) is 31.3 Å². The van der Waals surface area contributed by atoms with Crippen LogP contribution in [0.4, 0.5) is 0 Å². The molecule has 2 fully saturated rings. The van der Waals surface area contributed by atoms with Crippen LogP contribution in [0.1, 0.15) is 65.9 Å². The fourth-order valence-electron chi connectivity index (χ4n) is 6.20. The molecule has 1 aliphatic carbocycles. The molecular formula is C32H40N4O5. The fraction of sp³-hybridized carbons (Fsp3) is 0.469. The monoisotopic (exact) mass is 560 g/mol. The van der Waals surface area contributed by atoms with E-state index in [2.05, 4.69) is 5.32 Å². The van der Waals surface area contributed by atoms with Gasteiger partial charge in [-0.25, -0.2) is 4.98 Å². The van der Waals surface area contributed by atoms with Crippen molar-refractivity contribution in [3.8, 4) is 17.0 Å². The van der Waals surface area contributed by atoms with Crippen LogP contribution in [0.15, 0.2) is 60.9 Å². The topological polar surface area (TPSA) is 106 Å². The first-order chi connectivity index (χ1) is 19.9. The molecule has 1 aromatic heterocycles. The summed E-state index contributed by atoms with van der Waals surface area (Å²) in [6.07, 6.45) is 5.68. The maximum atomic E-state index is 14.2. The Hall–Kier alpha value is -3.53. The van der Waals surface area contributed by atoms with Crippen LogP contribution in [0.5, 0.6) is 5.75 Å². The minimum atomic E-state index is -1.04. The predicted octanol–water partition coefficient (Wildman–Crippen LogP) is 4.13. The first-order valence-corrected chi connectivity index (χ1v) is 14.5. The number of imidazole rings is 1. The Balaban J connectivity index is 1.40. The summed E-state index contributed by atoms with van der Waals surface area (Å²) in [4.78, 5) is 32.5. The van der Waals surface area contributed by atoms with Crippen molar-refractivity contribution in [3.63, 3.8) is 0 Å². The van der Waals surface area contributed by atoms with Gasteiger partial charge in [0.1, 0.15) is 11.4 Å². The van der Waals surface area contributed by atoms with Gasteiger partial charge in [-0.1, -0.05) is 55.3 Å². The number of hydrogen-bond donors (Lipinski definition) is 2. The number of nitrogens with zero attached hydrogens (tertiary/aromatic N) is 3. The summed E-state index contributed by atoms with van der Waals surface area (Å²) in [7, 11) is 1.61. The van der Waals surface area contributed by atoms with E-state index in [9.17, 15) is 14.7 Å². The lowest BCUT2D eigenvalue weighted by Crippen LogP contribution is -2.54. The Morgan fingerprint density at radius 1 is 1.15 bits per heavy atom. The van der Waals surface area contributed by atoms with E-state index in [4.69, 9.17) is 14.5 Å². The zero-order valence-corrected chi connectivity index (χ0v) is 23.9. The fourth-order valence-corrected chi connectivity index (χ4v) is 6.20. The van der Waals surface area contributed by atoms with Gasteiger partial charge in [0, 0.05) is 50.3 Å². The highest BCUT2D eigenvalue weighted by molar-refractivity contribution is 5.98. The molecule has 1 unspecified atom stereocenters. The largest absolute Gasteiger partial charge is 0.493 e. The molecule has 41 heavy (non-hydrogen) atoms. The van der Waals surface area contributed by atoms with Crippen LogP contribution in [0.25, 0.3) is 11.3 Å². The van der Waals surface area contributed by atoms with Crippen LogP contribution in [0.3, 0.4) is 0 Å². The van der Waals surface area contributed by atoms with Crippen molar-refractivity contribution in [2.45, 2.75) is 56.7 Å². The van der Waals surface area contributed by atoms with Gasteiger partial charge in [-0.15, -0.1) is 0 Å². The molecule has 0 radical (unpaired) electrons. The molecule has 9 heteroatoms. The first-order valence-electron chi connectivity index (χ1n) is 14.5. The van der Waals surface area contributed by atoms with Crippen molar-refractivity contribution in [2.75, 3.05) is 40.0 Å². The third kappa shape index (κ3) is 6.37. The minimum Gasteiger partial charge on any atom is -0.493 e. The van der Waals surface area contributed by atoms with Gasteiger partial charge < -0.3 is 29.4 Å². The number of ketones is 1. The molecule has 0 spiro atoms. The molecule has 2 aromatic carbocycles. The van der Waals surface area contributed by atoms with Crippen LogP contribution < -0.4 is 10.1 Å². The number of hydrogen-bond acceptors (Lipinski definition) is 7. The average Bonchev–Trinajstić information content (AvgIpc) is 3.43. The second kappa shape index (κ2) is 13.0. The van der Waals surface area contributed by atoms with E-state index in [1.807, 2.05) is 51.9 Å². The van der Waals surface area contributed by atoms with E-state index in [0.29, 0.717) is 56.1 Å². The lowest BCUT2D eigenvalue weighted by Gasteiger charge is -2.41. The third-order valence-electron chi connectivity index (χ3n) is 8.30. The molecule has 1 saturated heterocycles. The van der Waals surface area contributed by atoms with E-state index < -0.39 is 5.60 Å². The van der Waals surface area contributed by atoms with Crippen LogP contribution in [0.2, 0.25) is 0 Å². The number of methoxy groups -OCH3 is 1. The summed E-state index contributed by atoms with van der Waals surface area (Å²) < 4.78 is 13.4. The summed E-state index contributed by atoms with van der Waals surface area (Å²) in [6, 6.07) is 16.7. The van der Waals surface area contributed by atoms with Gasteiger partial charge in [-0.05, 0) is 31.9 Å². The summed E-state index contributed by atoms with van der Waals surface area (Å²) in [6.45, 7) is 4.07. The molecule has 1 amide bonds. The van der Waals surface area contributed by atoms with Crippen molar-refractivity contribution in [1.29, 1.82) is 0 Å². The van der Waals surface area contributed by atoms with Crippen molar-refractivity contribution in [2.24, 2.45) is 0 Å². The highest BCUT2D eigenvalue weighted by atomic mass is 16.5. The van der Waals surface area contributed by atoms with Crippen LogP contribution >= 0.6 is 0 Å². The second-order valence-electron chi connectivity index (χ2n) is 11.1. The van der Waals surface area contributed by atoms with Crippen LogP contribution in [-0.4, -0.2) is 82.8 Å². The summed E-state index contributed by atoms with van der Waals surface area (Å²) in [5.74, 6) is 0.505. The number of aliphatic hydroxyl groups is 1. The molecule has 2 aliphatic rings. The van der Waals surface area contributed by atoms with Crippen LogP contribution in [-0.2, 0) is 4.74 Å². The molecule has 5 rings (SSSR count). The Labute approximate surface area is 241 Å². The molecule has 1 aliphatic heterocycles. The predicted molar refractivity (Wildman–Crippen MR) is 156 cm³/mol. The number of Topliss-reactive ketones (excluding diaryl/α,β-unsaturated/α-hetero) is 1. The van der Waals surface area contributed by atoms with E-state index in [1.165, 1.54) is 6.92 Å². The lowest BCUT2D eigenvalue weighted by atomic mass is 9.80. The molecular weight excluding hydrogens is 520 g/mol. The Morgan fingerprint density at radius 3 is 2.76 bits per heavy atom. The number of carbonyl (C=O) groups excluding carboxylic acids is 2. The van der Waals surface area contributed by atoms with E-state index in [1.54, 1.807) is 25.6 Å². The number of aromatic nitrogens is 2. The molecule has 2 N–H and O–H groups in total. The summed E-state index contributed by atoms with van der Waals surface area (Å²) >= 11 is 0. The Kier molecular flexibility index (Phi) is 9.17. The molecule has 0 bridgehead atoms. The third-order valence-corrected chi connectivity index (χ3v) is 8.30. The van der Waals surface area contributed by atoms with Crippen molar-refractivity contribution in [3.05, 3.63) is 72.2 Å². The van der Waals surface area contributed by atoms with Gasteiger partial charge in [0.2, 0.25) is 0 Å². The van der Waals surface area contributed by atoms with Gasteiger partial charge >= 0.3 is 0 Å². The van der Waals surface area contributed by atoms with Gasteiger partial charge in [0.25, 0.3) is 5.91 Å². The number of rotatable bonds is 10. The van der Waals surface area contributed by atoms with Crippen LogP contribution in [0, 0.1) is 0 Å². The highest BCUT2D eigenvalue weighted by Crippen LogP contribution is 2.41. The average molecular weight is 561 g/mol. The SMILES string of the molecule is COC[C@@]1(O)CCCC[C@H]1n1cnc(C(=O)N2CCNCC2CCOc2cccc(C(C)=O)c2)c1-c1ccccc1. The molecule has 1 saturated carbocycles. The van der Waals surface area contributed by atoms with E-state index in [-0.39, 0.29) is 30.4 Å². The number of amides is 1. The number of nitrogens with one attached hydrogen (secondary N) is 1. The zero-order valence-electron chi connectivity index (χ0n) is 23.9. The van der Waals surface area contributed by atoms with Gasteiger partial charge in [-0.2, -0.15) is 0 Å². The maximum absolute atomic E-state index is 14.2. The molecule has 3 aromatic rings. The molecule has 2 heterocycles. The van der Waals surface area contributed by atoms with Gasteiger partial charge in [0.15, 0.2) is 11.5 Å². The first kappa shape index (κ1) is 29.0. The zero-order chi connectivity index (χ0) is 28.8. The quantitative estimate of drug-likeness (QED) is 0.359. The van der Waals surface area contributed by atoms with E-state index >= 15 is 0 Å². The Bertz CT molecular complexity index is 1340. The van der Waals surface area contributed by atoms with Crippen molar-refractivity contribution < 1.29 is 24.2 Å². The van der Waals surface area contributed by atoms with Gasteiger partial charge in [-0.3, -0.25) is 9.59 Å². The smallest absolute Gasteiger partial charge is 0.275 e. The maximum Gasteiger partial charge on any atom is 0.275 e. The molecule has 9 nitrogen and oxygen atoms in total. The van der Waals surface area contributed by atoms with Crippen molar-refractivity contribution in [1.82, 2.24) is 19.8 Å². The number of benzene rings is 2. The molecule has 218 valence electrons. The number of carbonyl (C=O) groups is 2. The lowest BCUT2D eigenvalue weighted by molar-refractivity contribution is -0.0893. The van der Waals surface area contributed by atoms with E-state index in [0.717, 1.165) is 30.5 Å². The van der Waals surface area contributed by atoms with Crippen molar-refractivity contribution >= 4 is 11.7 Å². The molecule has 3 atom stereocenters. The number of ether oxygens (including phenoxy) is 2. The Morgan fingerprint density at radius 2 is 1.98 bits per heavy atom. The second-order valence-corrected chi connectivity index (χ2v) is 11.1. The number of piperazine rings is 1. The minimum absolute atomic E-state index is 0.00811. The summed E-state index contributed by atoms with van der Waals surface area (Å²) in [5.41, 5.74) is 1.58.